The molecule has 2 nitrogen and oxygen atoms in total. The molecule has 0 spiro atoms. The molecule has 0 fully saturated rings. The van der Waals surface area contributed by atoms with E-state index in [1.165, 1.54) is 6.07 Å². The summed E-state index contributed by atoms with van der Waals surface area (Å²) in [6.45, 7) is 0. The van der Waals surface area contributed by atoms with Crippen molar-refractivity contribution in [1.29, 1.82) is 0 Å². The smallest absolute Gasteiger partial charge is 0.396 e. The van der Waals surface area contributed by atoms with Crippen LogP contribution in [0.3, 0.4) is 0 Å². The largest absolute Gasteiger partial charge is 0.481 e. The van der Waals surface area contributed by atoms with Gasteiger partial charge in [-0.25, -0.2) is 0 Å². The maximum Gasteiger partial charge on any atom is 0.396 e. The number of rotatable bonds is 3. The number of hydrogen-bond acceptors (Lipinski definition) is 1. The first-order chi connectivity index (χ1) is 7.71. The van der Waals surface area contributed by atoms with Crippen molar-refractivity contribution in [3.8, 4) is 0 Å². The Balaban J connectivity index is 3.17. The van der Waals surface area contributed by atoms with Crippen molar-refractivity contribution >= 4 is 29.2 Å². The number of hydrogen-bond donors (Lipinski definition) is 1. The number of halogens is 5. The van der Waals surface area contributed by atoms with E-state index in [1.807, 2.05) is 0 Å². The lowest BCUT2D eigenvalue weighted by Crippen LogP contribution is -2.23. The molecule has 1 aromatic carbocycles. The number of carbonyl (C=O) groups is 1. The molecule has 94 valence electrons. The van der Waals surface area contributed by atoms with Gasteiger partial charge in [-0.1, -0.05) is 29.3 Å². The minimum absolute atomic E-state index is 0.190. The van der Waals surface area contributed by atoms with Crippen LogP contribution in [0.15, 0.2) is 18.2 Å². The number of carboxylic acid groups (broad SMARTS) is 1. The minimum atomic E-state index is -4.67. The van der Waals surface area contributed by atoms with Crippen molar-refractivity contribution in [2.45, 2.75) is 18.5 Å². The second-order valence-corrected chi connectivity index (χ2v) is 4.20. The van der Waals surface area contributed by atoms with E-state index < -0.39 is 24.5 Å². The average Bonchev–Trinajstić information content (AvgIpc) is 2.13. The Labute approximate surface area is 105 Å². The van der Waals surface area contributed by atoms with Crippen LogP contribution in [0.2, 0.25) is 10.0 Å². The maximum atomic E-state index is 12.7. The molecule has 1 unspecified atom stereocenters. The molecule has 0 saturated carbocycles. The van der Waals surface area contributed by atoms with Crippen LogP contribution in [0.25, 0.3) is 0 Å². The first kappa shape index (κ1) is 14.1. The van der Waals surface area contributed by atoms with E-state index in [2.05, 4.69) is 0 Å². The third-order valence-corrected chi connectivity index (χ3v) is 2.67. The number of aliphatic carboxylic acids is 1. The molecule has 0 aliphatic rings. The Hall–Kier alpha value is -0.940. The Morgan fingerprint density at radius 2 is 1.94 bits per heavy atom. The van der Waals surface area contributed by atoms with Crippen LogP contribution >= 0.6 is 23.2 Å². The molecule has 0 aliphatic carbocycles. The van der Waals surface area contributed by atoms with Gasteiger partial charge in [-0.2, -0.15) is 13.2 Å². The van der Waals surface area contributed by atoms with Gasteiger partial charge in [-0.3, -0.25) is 4.79 Å². The SMILES string of the molecule is O=C(O)CC(c1ccc(Cl)cc1Cl)C(F)(F)F. The Bertz CT molecular complexity index is 432. The highest BCUT2D eigenvalue weighted by atomic mass is 35.5. The van der Waals surface area contributed by atoms with Crippen LogP contribution in [-0.2, 0) is 4.79 Å². The fraction of sp³-hybridized carbons (Fsp3) is 0.300. The highest BCUT2D eigenvalue weighted by molar-refractivity contribution is 6.35. The zero-order valence-electron chi connectivity index (χ0n) is 8.26. The number of carboxylic acids is 1. The van der Waals surface area contributed by atoms with Gasteiger partial charge in [0.05, 0.1) is 12.3 Å². The van der Waals surface area contributed by atoms with Crippen molar-refractivity contribution in [3.05, 3.63) is 33.8 Å². The summed E-state index contributed by atoms with van der Waals surface area (Å²) in [7, 11) is 0. The van der Waals surface area contributed by atoms with Crippen molar-refractivity contribution in [1.82, 2.24) is 0 Å². The quantitative estimate of drug-likeness (QED) is 0.908. The molecule has 1 atom stereocenters. The highest BCUT2D eigenvalue weighted by Crippen LogP contribution is 2.40. The monoisotopic (exact) mass is 286 g/mol. The Morgan fingerprint density at radius 1 is 1.35 bits per heavy atom. The first-order valence-electron chi connectivity index (χ1n) is 4.45. The van der Waals surface area contributed by atoms with E-state index in [0.29, 0.717) is 0 Å². The van der Waals surface area contributed by atoms with Crippen LogP contribution < -0.4 is 0 Å². The third-order valence-electron chi connectivity index (χ3n) is 2.11. The standard InChI is InChI=1S/C10H7Cl2F3O2/c11-5-1-2-6(8(12)3-5)7(4-9(16)17)10(13,14)15/h1-3,7H,4H2,(H,16,17). The molecule has 17 heavy (non-hydrogen) atoms. The summed E-state index contributed by atoms with van der Waals surface area (Å²) < 4.78 is 38.1. The first-order valence-corrected chi connectivity index (χ1v) is 5.21. The zero-order valence-corrected chi connectivity index (χ0v) is 9.77. The highest BCUT2D eigenvalue weighted by Gasteiger charge is 2.42. The van der Waals surface area contributed by atoms with Crippen LogP contribution in [-0.4, -0.2) is 17.3 Å². The molecule has 1 rings (SSSR count). The topological polar surface area (TPSA) is 37.3 Å². The normalized spacial score (nSPS) is 13.5. The third kappa shape index (κ3) is 3.78. The Morgan fingerprint density at radius 3 is 2.35 bits per heavy atom. The van der Waals surface area contributed by atoms with E-state index in [4.69, 9.17) is 28.3 Å². The molecule has 0 radical (unpaired) electrons. The van der Waals surface area contributed by atoms with Crippen molar-refractivity contribution < 1.29 is 23.1 Å². The van der Waals surface area contributed by atoms with Crippen LogP contribution in [0.5, 0.6) is 0 Å². The van der Waals surface area contributed by atoms with E-state index >= 15 is 0 Å². The molecule has 7 heteroatoms. The summed E-state index contributed by atoms with van der Waals surface area (Å²) in [6, 6.07) is 3.48. The van der Waals surface area contributed by atoms with Crippen molar-refractivity contribution in [2.24, 2.45) is 0 Å². The van der Waals surface area contributed by atoms with Crippen molar-refractivity contribution in [2.75, 3.05) is 0 Å². The molecule has 0 heterocycles. The Kier molecular flexibility index (Phi) is 4.27. The van der Waals surface area contributed by atoms with E-state index in [1.54, 1.807) is 0 Å². The van der Waals surface area contributed by atoms with Crippen LogP contribution in [0.4, 0.5) is 13.2 Å². The second kappa shape index (κ2) is 5.14. The predicted octanol–water partition coefficient (Wildman–Crippen LogP) is 4.11. The summed E-state index contributed by atoms with van der Waals surface area (Å²) in [5.41, 5.74) is -0.286. The summed E-state index contributed by atoms with van der Waals surface area (Å²) in [6.07, 6.45) is -5.74. The summed E-state index contributed by atoms with van der Waals surface area (Å²) >= 11 is 11.2. The van der Waals surface area contributed by atoms with Crippen molar-refractivity contribution in [3.63, 3.8) is 0 Å². The van der Waals surface area contributed by atoms with Gasteiger partial charge in [0.25, 0.3) is 0 Å². The number of alkyl halides is 3. The molecule has 0 aromatic heterocycles. The van der Waals surface area contributed by atoms with Gasteiger partial charge in [0.2, 0.25) is 0 Å². The molecule has 1 aromatic rings. The summed E-state index contributed by atoms with van der Waals surface area (Å²) in [4.78, 5) is 10.4. The zero-order chi connectivity index (χ0) is 13.2. The van der Waals surface area contributed by atoms with Gasteiger partial charge in [0.15, 0.2) is 0 Å². The second-order valence-electron chi connectivity index (χ2n) is 3.36. The number of benzene rings is 1. The van der Waals surface area contributed by atoms with Crippen LogP contribution in [0, 0.1) is 0 Å². The molecular weight excluding hydrogens is 280 g/mol. The van der Waals surface area contributed by atoms with Gasteiger partial charge < -0.3 is 5.11 Å². The lowest BCUT2D eigenvalue weighted by atomic mass is 9.95. The van der Waals surface area contributed by atoms with E-state index in [0.717, 1.165) is 12.1 Å². The van der Waals surface area contributed by atoms with Gasteiger partial charge in [-0.15, -0.1) is 0 Å². The van der Waals surface area contributed by atoms with Crippen LogP contribution in [0.1, 0.15) is 17.9 Å². The molecule has 0 aliphatic heterocycles. The van der Waals surface area contributed by atoms with Gasteiger partial charge in [0, 0.05) is 10.0 Å². The molecule has 0 saturated heterocycles. The average molecular weight is 287 g/mol. The minimum Gasteiger partial charge on any atom is -0.481 e. The van der Waals surface area contributed by atoms with Gasteiger partial charge in [0.1, 0.15) is 0 Å². The molecular formula is C10H7Cl2F3O2. The van der Waals surface area contributed by atoms with Gasteiger partial charge >= 0.3 is 12.1 Å². The van der Waals surface area contributed by atoms with E-state index in [9.17, 15) is 18.0 Å². The summed E-state index contributed by atoms with van der Waals surface area (Å²) in [5.74, 6) is -3.68. The van der Waals surface area contributed by atoms with Gasteiger partial charge in [-0.05, 0) is 17.7 Å². The fourth-order valence-electron chi connectivity index (χ4n) is 1.36. The predicted molar refractivity (Wildman–Crippen MR) is 57.5 cm³/mol. The maximum absolute atomic E-state index is 12.7. The molecule has 0 bridgehead atoms. The summed E-state index contributed by atoms with van der Waals surface area (Å²) in [5, 5.41) is 8.48. The lowest BCUT2D eigenvalue weighted by Gasteiger charge is -2.20. The lowest BCUT2D eigenvalue weighted by molar-refractivity contribution is -0.163. The molecule has 1 N–H and O–H groups in total. The van der Waals surface area contributed by atoms with E-state index in [-0.39, 0.29) is 15.6 Å². The molecule has 0 amide bonds. The fourth-order valence-corrected chi connectivity index (χ4v) is 1.90.